The number of aromatic nitrogens is 1. The van der Waals surface area contributed by atoms with Crippen molar-refractivity contribution in [2.75, 3.05) is 33.3 Å². The van der Waals surface area contributed by atoms with Gasteiger partial charge >= 0.3 is 0 Å². The van der Waals surface area contributed by atoms with Crippen molar-refractivity contribution in [2.45, 2.75) is 13.2 Å². The number of halogens is 1. The third-order valence-electron chi connectivity index (χ3n) is 5.53. The monoisotopic (exact) mass is 451 g/mol. The van der Waals surface area contributed by atoms with Gasteiger partial charge in [-0.05, 0) is 53.6 Å². The highest BCUT2D eigenvalue weighted by molar-refractivity contribution is 6.30. The summed E-state index contributed by atoms with van der Waals surface area (Å²) in [6, 6.07) is 16.9. The van der Waals surface area contributed by atoms with Crippen molar-refractivity contribution in [3.05, 3.63) is 88.7 Å². The van der Waals surface area contributed by atoms with E-state index in [-0.39, 0.29) is 5.91 Å². The molecule has 2 aromatic carbocycles. The van der Waals surface area contributed by atoms with Gasteiger partial charge in [0.15, 0.2) is 11.5 Å². The van der Waals surface area contributed by atoms with Crippen LogP contribution >= 0.6 is 11.6 Å². The van der Waals surface area contributed by atoms with Gasteiger partial charge in [-0.15, -0.1) is 0 Å². The lowest BCUT2D eigenvalue weighted by Gasteiger charge is -2.34. The molecule has 7 heteroatoms. The molecule has 1 amide bonds. The Balaban J connectivity index is 1.35. The second-order valence-corrected chi connectivity index (χ2v) is 8.14. The van der Waals surface area contributed by atoms with Gasteiger partial charge < -0.3 is 14.4 Å². The van der Waals surface area contributed by atoms with Gasteiger partial charge in [0.2, 0.25) is 0 Å². The van der Waals surface area contributed by atoms with Gasteiger partial charge in [0.25, 0.3) is 5.91 Å². The standard InChI is InChI=1S/C25H26ClN3O3/c1-31-24-16-21(4-7-23(24)32-18-20-2-5-22(26)6-3-20)25(30)29-14-12-28(13-15-29)17-19-8-10-27-11-9-19/h2-11,16H,12-15,17-18H2,1H3. The second-order valence-electron chi connectivity index (χ2n) is 7.70. The molecule has 1 saturated heterocycles. The Morgan fingerprint density at radius 2 is 1.66 bits per heavy atom. The zero-order chi connectivity index (χ0) is 22.3. The minimum atomic E-state index is 0.0103. The molecule has 1 aliphatic rings. The van der Waals surface area contributed by atoms with Gasteiger partial charge in [-0.1, -0.05) is 23.7 Å². The lowest BCUT2D eigenvalue weighted by atomic mass is 10.1. The fourth-order valence-electron chi connectivity index (χ4n) is 3.70. The average molecular weight is 452 g/mol. The van der Waals surface area contributed by atoms with Crippen LogP contribution in [0.25, 0.3) is 0 Å². The molecule has 0 unspecified atom stereocenters. The van der Waals surface area contributed by atoms with Crippen molar-refractivity contribution in [3.63, 3.8) is 0 Å². The van der Waals surface area contributed by atoms with Crippen LogP contribution in [0.4, 0.5) is 0 Å². The number of methoxy groups -OCH3 is 1. The van der Waals surface area contributed by atoms with E-state index in [0.29, 0.717) is 41.8 Å². The Bertz CT molecular complexity index is 1040. The van der Waals surface area contributed by atoms with Crippen molar-refractivity contribution in [1.29, 1.82) is 0 Å². The van der Waals surface area contributed by atoms with Crippen LogP contribution in [0, 0.1) is 0 Å². The van der Waals surface area contributed by atoms with E-state index >= 15 is 0 Å². The number of hydrogen-bond acceptors (Lipinski definition) is 5. The SMILES string of the molecule is COc1cc(C(=O)N2CCN(Cc3ccncc3)CC2)ccc1OCc1ccc(Cl)cc1. The molecule has 1 fully saturated rings. The van der Waals surface area contributed by atoms with Crippen LogP contribution in [-0.2, 0) is 13.2 Å². The minimum Gasteiger partial charge on any atom is -0.493 e. The summed E-state index contributed by atoms with van der Waals surface area (Å²) in [6.45, 7) is 4.33. The van der Waals surface area contributed by atoms with Gasteiger partial charge in [0.1, 0.15) is 6.61 Å². The minimum absolute atomic E-state index is 0.0103. The van der Waals surface area contributed by atoms with Gasteiger partial charge in [-0.2, -0.15) is 0 Å². The van der Waals surface area contributed by atoms with E-state index in [2.05, 4.69) is 9.88 Å². The summed E-state index contributed by atoms with van der Waals surface area (Å²) in [4.78, 5) is 21.4. The zero-order valence-electron chi connectivity index (χ0n) is 18.0. The van der Waals surface area contributed by atoms with Crippen LogP contribution in [0.3, 0.4) is 0 Å². The van der Waals surface area contributed by atoms with Crippen LogP contribution in [-0.4, -0.2) is 54.0 Å². The van der Waals surface area contributed by atoms with E-state index in [1.807, 2.05) is 53.7 Å². The number of carbonyl (C=O) groups is 1. The fraction of sp³-hybridized carbons (Fsp3) is 0.280. The summed E-state index contributed by atoms with van der Waals surface area (Å²) in [7, 11) is 1.58. The van der Waals surface area contributed by atoms with Crippen LogP contribution < -0.4 is 9.47 Å². The highest BCUT2D eigenvalue weighted by atomic mass is 35.5. The molecule has 6 nitrogen and oxygen atoms in total. The van der Waals surface area contributed by atoms with Crippen LogP contribution in [0.5, 0.6) is 11.5 Å². The number of ether oxygens (including phenoxy) is 2. The summed E-state index contributed by atoms with van der Waals surface area (Å²) in [5.41, 5.74) is 2.84. The zero-order valence-corrected chi connectivity index (χ0v) is 18.8. The topological polar surface area (TPSA) is 54.9 Å². The average Bonchev–Trinajstić information content (AvgIpc) is 2.84. The largest absolute Gasteiger partial charge is 0.493 e. The highest BCUT2D eigenvalue weighted by Gasteiger charge is 2.23. The number of hydrogen-bond donors (Lipinski definition) is 0. The molecule has 0 spiro atoms. The van der Waals surface area contributed by atoms with Crippen molar-refractivity contribution < 1.29 is 14.3 Å². The van der Waals surface area contributed by atoms with Gasteiger partial charge in [0, 0.05) is 55.7 Å². The first-order valence-electron chi connectivity index (χ1n) is 10.6. The van der Waals surface area contributed by atoms with Crippen molar-refractivity contribution in [1.82, 2.24) is 14.8 Å². The van der Waals surface area contributed by atoms with Crippen molar-refractivity contribution >= 4 is 17.5 Å². The quantitative estimate of drug-likeness (QED) is 0.536. The summed E-state index contributed by atoms with van der Waals surface area (Å²) in [5, 5.41) is 0.687. The van der Waals surface area contributed by atoms with Gasteiger partial charge in [-0.3, -0.25) is 14.7 Å². The highest BCUT2D eigenvalue weighted by Crippen LogP contribution is 2.29. The molecule has 0 N–H and O–H groups in total. The molecule has 32 heavy (non-hydrogen) atoms. The predicted molar refractivity (Wildman–Crippen MR) is 124 cm³/mol. The molecular weight excluding hydrogens is 426 g/mol. The normalized spacial score (nSPS) is 14.2. The summed E-state index contributed by atoms with van der Waals surface area (Å²) in [6.07, 6.45) is 3.62. The molecule has 2 heterocycles. The predicted octanol–water partition coefficient (Wildman–Crippen LogP) is 4.28. The van der Waals surface area contributed by atoms with Gasteiger partial charge in [0.05, 0.1) is 7.11 Å². The fourth-order valence-corrected chi connectivity index (χ4v) is 3.83. The number of amides is 1. The maximum absolute atomic E-state index is 13.0. The lowest BCUT2D eigenvalue weighted by Crippen LogP contribution is -2.48. The van der Waals surface area contributed by atoms with E-state index in [0.717, 1.165) is 25.2 Å². The molecule has 1 aromatic heterocycles. The number of carbonyl (C=O) groups excluding carboxylic acids is 1. The molecule has 0 bridgehead atoms. The number of nitrogens with zero attached hydrogens (tertiary/aromatic N) is 3. The Labute approximate surface area is 193 Å². The Hall–Kier alpha value is -3.09. The van der Waals surface area contributed by atoms with E-state index < -0.39 is 0 Å². The third kappa shape index (κ3) is 5.58. The molecule has 0 aliphatic carbocycles. The molecular formula is C25H26ClN3O3. The van der Waals surface area contributed by atoms with E-state index in [1.165, 1.54) is 5.56 Å². The van der Waals surface area contributed by atoms with Crippen molar-refractivity contribution in [3.8, 4) is 11.5 Å². The van der Waals surface area contributed by atoms with E-state index in [1.54, 1.807) is 25.3 Å². The lowest BCUT2D eigenvalue weighted by molar-refractivity contribution is 0.0628. The smallest absolute Gasteiger partial charge is 0.254 e. The van der Waals surface area contributed by atoms with Crippen molar-refractivity contribution in [2.24, 2.45) is 0 Å². The Morgan fingerprint density at radius 3 is 2.34 bits per heavy atom. The van der Waals surface area contributed by atoms with Crippen LogP contribution in [0.2, 0.25) is 5.02 Å². The summed E-state index contributed by atoms with van der Waals surface area (Å²) < 4.78 is 11.4. The number of pyridine rings is 1. The van der Waals surface area contributed by atoms with Gasteiger partial charge in [-0.25, -0.2) is 0 Å². The third-order valence-corrected chi connectivity index (χ3v) is 5.79. The second kappa shape index (κ2) is 10.5. The number of piperazine rings is 1. The van der Waals surface area contributed by atoms with E-state index in [9.17, 15) is 4.79 Å². The number of benzene rings is 2. The summed E-state index contributed by atoms with van der Waals surface area (Å²) in [5.74, 6) is 1.15. The van der Waals surface area contributed by atoms with Crippen LogP contribution in [0.15, 0.2) is 67.0 Å². The maximum atomic E-state index is 13.0. The van der Waals surface area contributed by atoms with Crippen LogP contribution in [0.1, 0.15) is 21.5 Å². The summed E-state index contributed by atoms with van der Waals surface area (Å²) >= 11 is 5.93. The Morgan fingerprint density at radius 1 is 0.938 bits per heavy atom. The first-order chi connectivity index (χ1) is 15.6. The first kappa shape index (κ1) is 22.1. The van der Waals surface area contributed by atoms with E-state index in [4.69, 9.17) is 21.1 Å². The molecule has 0 saturated carbocycles. The molecule has 166 valence electrons. The molecule has 1 aliphatic heterocycles. The molecule has 0 atom stereocenters. The first-order valence-corrected chi connectivity index (χ1v) is 11.0. The molecule has 4 rings (SSSR count). The molecule has 0 radical (unpaired) electrons. The maximum Gasteiger partial charge on any atom is 0.254 e. The number of rotatable bonds is 7. The molecule has 3 aromatic rings. The Kier molecular flexibility index (Phi) is 7.24.